The summed E-state index contributed by atoms with van der Waals surface area (Å²) in [4.78, 5) is 24.9. The first-order valence-corrected chi connectivity index (χ1v) is 7.69. The standard InChI is InChI=1S/C19H20O7/c1-23-15-7-5-11(9-17(15)25-3)13(20)10-14(21)12-6-8-16(24-2)19(26-4)18(12)22/h5-9,22H,10H2,1-4H3. The van der Waals surface area contributed by atoms with E-state index in [2.05, 4.69) is 0 Å². The maximum Gasteiger partial charge on any atom is 0.203 e. The highest BCUT2D eigenvalue weighted by molar-refractivity contribution is 6.14. The summed E-state index contributed by atoms with van der Waals surface area (Å²) in [6.45, 7) is 0. The van der Waals surface area contributed by atoms with E-state index in [4.69, 9.17) is 18.9 Å². The number of hydrogen-bond acceptors (Lipinski definition) is 7. The van der Waals surface area contributed by atoms with Gasteiger partial charge in [-0.1, -0.05) is 0 Å². The molecule has 0 unspecified atom stereocenters. The Labute approximate surface area is 151 Å². The van der Waals surface area contributed by atoms with Gasteiger partial charge in [0.25, 0.3) is 0 Å². The molecule has 2 rings (SSSR count). The number of aromatic hydroxyl groups is 1. The maximum absolute atomic E-state index is 12.5. The summed E-state index contributed by atoms with van der Waals surface area (Å²) in [6.07, 6.45) is -0.418. The van der Waals surface area contributed by atoms with E-state index >= 15 is 0 Å². The maximum atomic E-state index is 12.5. The van der Waals surface area contributed by atoms with E-state index in [0.717, 1.165) is 0 Å². The van der Waals surface area contributed by atoms with Crippen LogP contribution in [0, 0.1) is 0 Å². The van der Waals surface area contributed by atoms with E-state index in [9.17, 15) is 14.7 Å². The van der Waals surface area contributed by atoms with Gasteiger partial charge in [-0.05, 0) is 30.3 Å². The number of rotatable bonds is 8. The Morgan fingerprint density at radius 2 is 1.42 bits per heavy atom. The lowest BCUT2D eigenvalue weighted by Gasteiger charge is -2.12. The summed E-state index contributed by atoms with van der Waals surface area (Å²) in [7, 11) is 5.71. The summed E-state index contributed by atoms with van der Waals surface area (Å²) >= 11 is 0. The Morgan fingerprint density at radius 3 is 2.00 bits per heavy atom. The molecule has 0 heterocycles. The van der Waals surface area contributed by atoms with Crippen molar-refractivity contribution in [2.75, 3.05) is 28.4 Å². The lowest BCUT2D eigenvalue weighted by Crippen LogP contribution is -2.10. The molecule has 26 heavy (non-hydrogen) atoms. The normalized spacial score (nSPS) is 10.2. The summed E-state index contributed by atoms with van der Waals surface area (Å²) in [5, 5.41) is 10.2. The molecule has 1 N–H and O–H groups in total. The van der Waals surface area contributed by atoms with Crippen LogP contribution in [0.2, 0.25) is 0 Å². The zero-order valence-corrected chi connectivity index (χ0v) is 15.0. The molecule has 0 aliphatic carbocycles. The molecule has 0 amide bonds. The minimum Gasteiger partial charge on any atom is -0.504 e. The van der Waals surface area contributed by atoms with E-state index in [1.165, 1.54) is 46.6 Å². The molecular weight excluding hydrogens is 340 g/mol. The highest BCUT2D eigenvalue weighted by Crippen LogP contribution is 2.39. The van der Waals surface area contributed by atoms with Crippen molar-refractivity contribution in [3.63, 3.8) is 0 Å². The van der Waals surface area contributed by atoms with Crippen LogP contribution in [0.3, 0.4) is 0 Å². The first-order valence-electron chi connectivity index (χ1n) is 7.69. The van der Waals surface area contributed by atoms with Gasteiger partial charge in [0.15, 0.2) is 34.6 Å². The number of benzene rings is 2. The molecule has 0 saturated carbocycles. The number of phenols is 1. The summed E-state index contributed by atoms with van der Waals surface area (Å²) < 4.78 is 20.4. The number of ether oxygens (including phenoxy) is 4. The monoisotopic (exact) mass is 360 g/mol. The van der Waals surface area contributed by atoms with Crippen LogP contribution >= 0.6 is 0 Å². The second-order valence-electron chi connectivity index (χ2n) is 5.29. The van der Waals surface area contributed by atoms with Gasteiger partial charge in [0, 0.05) is 5.56 Å². The largest absolute Gasteiger partial charge is 0.504 e. The fourth-order valence-electron chi connectivity index (χ4n) is 2.49. The van der Waals surface area contributed by atoms with Crippen molar-refractivity contribution >= 4 is 11.6 Å². The number of carbonyl (C=O) groups is 2. The SMILES string of the molecule is COc1ccc(C(=O)CC(=O)c2ccc(OC)c(OC)c2O)cc1OC. The number of Topliss-reactive ketones (excluding diaryl/α,β-unsaturated/α-hetero) is 2. The van der Waals surface area contributed by atoms with E-state index in [1.807, 2.05) is 0 Å². The molecule has 7 heteroatoms. The van der Waals surface area contributed by atoms with Crippen molar-refractivity contribution < 1.29 is 33.6 Å². The molecule has 0 aliphatic heterocycles. The fourth-order valence-corrected chi connectivity index (χ4v) is 2.49. The molecule has 2 aromatic carbocycles. The molecule has 0 aliphatic rings. The first kappa shape index (κ1) is 19.1. The van der Waals surface area contributed by atoms with Gasteiger partial charge in [0.05, 0.1) is 40.4 Å². The van der Waals surface area contributed by atoms with Crippen LogP contribution in [0.4, 0.5) is 0 Å². The second kappa shape index (κ2) is 8.24. The Hall–Kier alpha value is -3.22. The average Bonchev–Trinajstić information content (AvgIpc) is 2.66. The molecule has 7 nitrogen and oxygen atoms in total. The highest BCUT2D eigenvalue weighted by atomic mass is 16.5. The van der Waals surface area contributed by atoms with Crippen LogP contribution in [-0.2, 0) is 0 Å². The quantitative estimate of drug-likeness (QED) is 0.572. The van der Waals surface area contributed by atoms with Gasteiger partial charge >= 0.3 is 0 Å². The first-order chi connectivity index (χ1) is 12.5. The van der Waals surface area contributed by atoms with Crippen molar-refractivity contribution in [2.24, 2.45) is 0 Å². The highest BCUT2D eigenvalue weighted by Gasteiger charge is 2.22. The van der Waals surface area contributed by atoms with E-state index in [0.29, 0.717) is 17.1 Å². The van der Waals surface area contributed by atoms with Gasteiger partial charge in [-0.25, -0.2) is 0 Å². The molecule has 0 fully saturated rings. The second-order valence-corrected chi connectivity index (χ2v) is 5.29. The Morgan fingerprint density at radius 1 is 0.808 bits per heavy atom. The van der Waals surface area contributed by atoms with Crippen molar-refractivity contribution in [1.82, 2.24) is 0 Å². The molecule has 138 valence electrons. The van der Waals surface area contributed by atoms with Crippen LogP contribution < -0.4 is 18.9 Å². The zero-order chi connectivity index (χ0) is 19.3. The molecule has 0 radical (unpaired) electrons. The third-order valence-electron chi connectivity index (χ3n) is 3.85. The summed E-state index contributed by atoms with van der Waals surface area (Å²) in [6, 6.07) is 7.52. The molecule has 0 bridgehead atoms. The van der Waals surface area contributed by atoms with E-state index in [-0.39, 0.29) is 22.8 Å². The summed E-state index contributed by atoms with van der Waals surface area (Å²) in [5.74, 6) is -0.123. The van der Waals surface area contributed by atoms with Crippen molar-refractivity contribution in [2.45, 2.75) is 6.42 Å². The zero-order valence-electron chi connectivity index (χ0n) is 15.0. The third-order valence-corrected chi connectivity index (χ3v) is 3.85. The van der Waals surface area contributed by atoms with Crippen LogP contribution in [0.1, 0.15) is 27.1 Å². The Balaban J connectivity index is 2.26. The van der Waals surface area contributed by atoms with Gasteiger partial charge in [-0.3, -0.25) is 9.59 Å². The minimum absolute atomic E-state index is 0.0172. The van der Waals surface area contributed by atoms with Gasteiger partial charge < -0.3 is 24.1 Å². The van der Waals surface area contributed by atoms with Gasteiger partial charge in [-0.2, -0.15) is 0 Å². The van der Waals surface area contributed by atoms with Crippen LogP contribution in [-0.4, -0.2) is 45.1 Å². The molecular formula is C19H20O7. The number of phenolic OH excluding ortho intramolecular Hbond substituents is 1. The third kappa shape index (κ3) is 3.72. The smallest absolute Gasteiger partial charge is 0.203 e. The summed E-state index contributed by atoms with van der Waals surface area (Å²) in [5.41, 5.74) is 0.285. The van der Waals surface area contributed by atoms with E-state index < -0.39 is 18.0 Å². The number of methoxy groups -OCH3 is 4. The predicted octanol–water partition coefficient (Wildman–Crippen LogP) is 2.88. The van der Waals surface area contributed by atoms with E-state index in [1.54, 1.807) is 12.1 Å². The Kier molecular flexibility index (Phi) is 6.06. The molecule has 0 saturated heterocycles. The predicted molar refractivity (Wildman–Crippen MR) is 94.0 cm³/mol. The number of ketones is 2. The van der Waals surface area contributed by atoms with Crippen LogP contribution in [0.25, 0.3) is 0 Å². The van der Waals surface area contributed by atoms with Crippen LogP contribution in [0.15, 0.2) is 30.3 Å². The molecule has 2 aromatic rings. The molecule has 0 spiro atoms. The van der Waals surface area contributed by atoms with Gasteiger partial charge in [0.2, 0.25) is 5.75 Å². The van der Waals surface area contributed by atoms with Gasteiger partial charge in [0.1, 0.15) is 0 Å². The lowest BCUT2D eigenvalue weighted by molar-refractivity contribution is 0.0892. The van der Waals surface area contributed by atoms with Crippen molar-refractivity contribution in [3.05, 3.63) is 41.5 Å². The number of carbonyl (C=O) groups excluding carboxylic acids is 2. The van der Waals surface area contributed by atoms with Gasteiger partial charge in [-0.15, -0.1) is 0 Å². The van der Waals surface area contributed by atoms with Crippen LogP contribution in [0.5, 0.6) is 28.7 Å². The lowest BCUT2D eigenvalue weighted by atomic mass is 10.00. The van der Waals surface area contributed by atoms with Crippen molar-refractivity contribution in [3.8, 4) is 28.7 Å². The van der Waals surface area contributed by atoms with Crippen molar-refractivity contribution in [1.29, 1.82) is 0 Å². The molecule has 0 aromatic heterocycles. The fraction of sp³-hybridized carbons (Fsp3) is 0.263. The molecule has 0 atom stereocenters. The number of hydrogen-bond donors (Lipinski definition) is 1. The average molecular weight is 360 g/mol. The minimum atomic E-state index is -0.539. The Bertz CT molecular complexity index is 827. The topological polar surface area (TPSA) is 91.3 Å².